The van der Waals surface area contributed by atoms with E-state index in [4.69, 9.17) is 4.74 Å². The van der Waals surface area contributed by atoms with Crippen molar-refractivity contribution in [1.82, 2.24) is 15.5 Å². The molecule has 0 aliphatic carbocycles. The fourth-order valence-corrected chi connectivity index (χ4v) is 4.49. The lowest BCUT2D eigenvalue weighted by molar-refractivity contribution is 0.199. The Labute approximate surface area is 127 Å². The summed E-state index contributed by atoms with van der Waals surface area (Å²) in [4.78, 5) is 1.38. The molecule has 1 atom stereocenters. The van der Waals surface area contributed by atoms with Crippen molar-refractivity contribution in [2.75, 3.05) is 26.0 Å². The zero-order valence-electron chi connectivity index (χ0n) is 11.3. The van der Waals surface area contributed by atoms with E-state index in [1.807, 2.05) is 11.8 Å². The van der Waals surface area contributed by atoms with Crippen LogP contribution in [0.25, 0.3) is 0 Å². The van der Waals surface area contributed by atoms with Gasteiger partial charge in [0.05, 0.1) is 6.61 Å². The van der Waals surface area contributed by atoms with E-state index >= 15 is 0 Å². The topological polar surface area (TPSA) is 47.0 Å². The predicted molar refractivity (Wildman–Crippen MR) is 82.5 cm³/mol. The molecule has 1 aliphatic rings. The molecule has 20 heavy (non-hydrogen) atoms. The van der Waals surface area contributed by atoms with Crippen LogP contribution >= 0.6 is 23.1 Å². The van der Waals surface area contributed by atoms with Gasteiger partial charge >= 0.3 is 0 Å². The van der Waals surface area contributed by atoms with Gasteiger partial charge in [0.1, 0.15) is 10.0 Å². The molecule has 2 aromatic rings. The molecule has 3 rings (SSSR count). The van der Waals surface area contributed by atoms with Crippen molar-refractivity contribution in [2.24, 2.45) is 0 Å². The molecule has 1 aromatic carbocycles. The summed E-state index contributed by atoms with van der Waals surface area (Å²) in [7, 11) is 1.71. The maximum Gasteiger partial charge on any atom is 0.131 e. The second-order valence-electron chi connectivity index (χ2n) is 4.61. The van der Waals surface area contributed by atoms with Gasteiger partial charge in [-0.25, -0.2) is 0 Å². The number of methoxy groups -OCH3 is 1. The van der Waals surface area contributed by atoms with E-state index in [2.05, 4.69) is 39.8 Å². The summed E-state index contributed by atoms with van der Waals surface area (Å²) in [5.74, 6) is 1.48. The molecular weight excluding hydrogens is 290 g/mol. The molecule has 0 saturated heterocycles. The van der Waals surface area contributed by atoms with Gasteiger partial charge in [0.15, 0.2) is 0 Å². The van der Waals surface area contributed by atoms with E-state index in [0.29, 0.717) is 5.92 Å². The minimum absolute atomic E-state index is 0.404. The molecular formula is C14H17N3OS2. The summed E-state index contributed by atoms with van der Waals surface area (Å²) in [6.07, 6.45) is 0. The maximum atomic E-state index is 5.01. The highest BCUT2D eigenvalue weighted by atomic mass is 32.2. The van der Waals surface area contributed by atoms with Crippen LogP contribution in [-0.2, 0) is 11.3 Å². The summed E-state index contributed by atoms with van der Waals surface area (Å²) < 4.78 is 5.01. The zero-order chi connectivity index (χ0) is 13.8. The fourth-order valence-electron chi connectivity index (χ4n) is 2.22. The molecule has 1 aromatic heterocycles. The van der Waals surface area contributed by atoms with Crippen LogP contribution in [0.5, 0.6) is 0 Å². The third kappa shape index (κ3) is 3.03. The summed E-state index contributed by atoms with van der Waals surface area (Å²) in [5, 5.41) is 14.1. The first-order chi connectivity index (χ1) is 9.88. The number of fused-ring (bicyclic) bond motifs is 1. The number of hydrogen-bond donors (Lipinski definition) is 1. The minimum Gasteiger partial charge on any atom is -0.383 e. The van der Waals surface area contributed by atoms with Gasteiger partial charge in [0.25, 0.3) is 0 Å². The second-order valence-corrected chi connectivity index (χ2v) is 6.76. The van der Waals surface area contributed by atoms with Crippen LogP contribution in [0.2, 0.25) is 0 Å². The molecule has 0 radical (unpaired) electrons. The van der Waals surface area contributed by atoms with E-state index in [0.717, 1.165) is 35.5 Å². The van der Waals surface area contributed by atoms with Gasteiger partial charge in [-0.1, -0.05) is 29.5 Å². The first-order valence-electron chi connectivity index (χ1n) is 6.62. The molecule has 4 nitrogen and oxygen atoms in total. The van der Waals surface area contributed by atoms with Gasteiger partial charge in [0.2, 0.25) is 0 Å². The van der Waals surface area contributed by atoms with Crippen LogP contribution in [0.15, 0.2) is 29.2 Å². The lowest BCUT2D eigenvalue weighted by Gasteiger charge is -2.05. The molecule has 1 N–H and O–H groups in total. The first-order valence-corrected chi connectivity index (χ1v) is 8.42. The number of ether oxygens (including phenoxy) is 1. The van der Waals surface area contributed by atoms with Crippen molar-refractivity contribution in [2.45, 2.75) is 17.4 Å². The molecule has 1 aliphatic heterocycles. The Bertz CT molecular complexity index is 573. The molecule has 0 saturated carbocycles. The van der Waals surface area contributed by atoms with Crippen LogP contribution in [-0.4, -0.2) is 36.2 Å². The molecule has 2 heterocycles. The van der Waals surface area contributed by atoms with Crippen LogP contribution in [0, 0.1) is 0 Å². The Kier molecular flexibility index (Phi) is 4.67. The third-order valence-electron chi connectivity index (χ3n) is 3.24. The number of benzene rings is 1. The van der Waals surface area contributed by atoms with Crippen LogP contribution in [0.4, 0.5) is 0 Å². The average Bonchev–Trinajstić information content (AvgIpc) is 3.10. The van der Waals surface area contributed by atoms with E-state index in [9.17, 15) is 0 Å². The lowest BCUT2D eigenvalue weighted by atomic mass is 10.0. The Balaban J connectivity index is 1.66. The number of thioether (sulfide) groups is 1. The second kappa shape index (κ2) is 6.67. The van der Waals surface area contributed by atoms with E-state index in [1.165, 1.54) is 10.5 Å². The molecule has 0 spiro atoms. The van der Waals surface area contributed by atoms with Crippen LogP contribution in [0.3, 0.4) is 0 Å². The summed E-state index contributed by atoms with van der Waals surface area (Å²) >= 11 is 3.62. The molecule has 0 fully saturated rings. The van der Waals surface area contributed by atoms with Crippen LogP contribution in [0.1, 0.15) is 21.5 Å². The monoisotopic (exact) mass is 307 g/mol. The zero-order valence-corrected chi connectivity index (χ0v) is 13.0. The van der Waals surface area contributed by atoms with Crippen molar-refractivity contribution in [3.8, 4) is 0 Å². The van der Waals surface area contributed by atoms with Crippen molar-refractivity contribution in [3.63, 3.8) is 0 Å². The van der Waals surface area contributed by atoms with Gasteiger partial charge < -0.3 is 10.1 Å². The van der Waals surface area contributed by atoms with Crippen molar-refractivity contribution < 1.29 is 4.74 Å². The molecule has 6 heteroatoms. The third-order valence-corrected chi connectivity index (χ3v) is 5.46. The fraction of sp³-hybridized carbons (Fsp3) is 0.429. The van der Waals surface area contributed by atoms with Gasteiger partial charge in [-0.15, -0.1) is 22.0 Å². The van der Waals surface area contributed by atoms with Gasteiger partial charge in [-0.3, -0.25) is 0 Å². The number of aromatic nitrogens is 2. The Morgan fingerprint density at radius 2 is 2.25 bits per heavy atom. The summed E-state index contributed by atoms with van der Waals surface area (Å²) in [5.41, 5.74) is 1.40. The number of nitrogens with one attached hydrogen (secondary N) is 1. The Hall–Kier alpha value is -0.950. The molecule has 106 valence electrons. The quantitative estimate of drug-likeness (QED) is 0.831. The van der Waals surface area contributed by atoms with Crippen molar-refractivity contribution >= 4 is 23.1 Å². The molecule has 0 amide bonds. The van der Waals surface area contributed by atoms with Crippen molar-refractivity contribution in [1.29, 1.82) is 0 Å². The van der Waals surface area contributed by atoms with Gasteiger partial charge in [-0.2, -0.15) is 0 Å². The first kappa shape index (κ1) is 14.0. The predicted octanol–water partition coefficient (Wildman–Crippen LogP) is 2.51. The Morgan fingerprint density at radius 3 is 3.15 bits per heavy atom. The molecule has 0 bridgehead atoms. The highest BCUT2D eigenvalue weighted by Crippen LogP contribution is 2.43. The van der Waals surface area contributed by atoms with Gasteiger partial charge in [0, 0.05) is 36.8 Å². The van der Waals surface area contributed by atoms with Crippen LogP contribution < -0.4 is 5.32 Å². The smallest absolute Gasteiger partial charge is 0.131 e. The number of rotatable bonds is 6. The largest absolute Gasteiger partial charge is 0.383 e. The lowest BCUT2D eigenvalue weighted by Crippen LogP contribution is -2.18. The minimum atomic E-state index is 0.404. The normalized spacial score (nSPS) is 17.4. The number of nitrogens with zero attached hydrogens (tertiary/aromatic N) is 2. The van der Waals surface area contributed by atoms with Gasteiger partial charge in [-0.05, 0) is 11.6 Å². The van der Waals surface area contributed by atoms with E-state index < -0.39 is 0 Å². The summed E-state index contributed by atoms with van der Waals surface area (Å²) in [6, 6.07) is 8.59. The van der Waals surface area contributed by atoms with Crippen molar-refractivity contribution in [3.05, 3.63) is 39.8 Å². The maximum absolute atomic E-state index is 5.01. The molecule has 1 unspecified atom stereocenters. The summed E-state index contributed by atoms with van der Waals surface area (Å²) in [6.45, 7) is 2.33. The van der Waals surface area contributed by atoms with E-state index in [1.54, 1.807) is 18.4 Å². The van der Waals surface area contributed by atoms with E-state index in [-0.39, 0.29) is 0 Å². The SMILES string of the molecule is COCCNCc1nnc(C2CSc3ccccc32)s1. The Morgan fingerprint density at radius 1 is 1.35 bits per heavy atom. The number of hydrogen-bond acceptors (Lipinski definition) is 6. The average molecular weight is 307 g/mol. The highest BCUT2D eigenvalue weighted by Gasteiger charge is 2.27. The highest BCUT2D eigenvalue weighted by molar-refractivity contribution is 7.99. The standard InChI is InChI=1S/C14H17N3OS2/c1-18-7-6-15-8-13-16-17-14(20-13)11-9-19-12-5-3-2-4-10(11)12/h2-5,11,15H,6-9H2,1H3.